The van der Waals surface area contributed by atoms with Crippen LogP contribution < -0.4 is 10.6 Å². The fourth-order valence-corrected chi connectivity index (χ4v) is 2.78. The van der Waals surface area contributed by atoms with Crippen LogP contribution in [0.5, 0.6) is 0 Å². The summed E-state index contributed by atoms with van der Waals surface area (Å²) in [5, 5.41) is 7.79. The van der Waals surface area contributed by atoms with Crippen molar-refractivity contribution in [1.82, 2.24) is 15.6 Å². The molecule has 2 aromatic rings. The van der Waals surface area contributed by atoms with Gasteiger partial charge in [0.25, 0.3) is 0 Å². The van der Waals surface area contributed by atoms with Gasteiger partial charge in [0.2, 0.25) is 0 Å². The first-order valence-electron chi connectivity index (χ1n) is 7.18. The normalized spacial score (nSPS) is 13.0. The SMILES string of the molecule is CCc1cnc(CNC(=NC)NC(C)c2ccccc2)s1. The topological polar surface area (TPSA) is 49.3 Å². The molecule has 4 nitrogen and oxygen atoms in total. The van der Waals surface area contributed by atoms with Gasteiger partial charge in [-0.1, -0.05) is 37.3 Å². The molecule has 0 radical (unpaired) electrons. The van der Waals surface area contributed by atoms with E-state index in [1.165, 1.54) is 10.4 Å². The zero-order valence-corrected chi connectivity index (χ0v) is 13.6. The molecule has 0 saturated heterocycles. The smallest absolute Gasteiger partial charge is 0.191 e. The van der Waals surface area contributed by atoms with Gasteiger partial charge in [0, 0.05) is 18.1 Å². The molecule has 0 aliphatic heterocycles. The van der Waals surface area contributed by atoms with E-state index in [0.717, 1.165) is 17.4 Å². The molecule has 0 spiro atoms. The summed E-state index contributed by atoms with van der Waals surface area (Å²) in [7, 11) is 1.78. The van der Waals surface area contributed by atoms with Crippen LogP contribution in [0, 0.1) is 0 Å². The number of rotatable bonds is 5. The van der Waals surface area contributed by atoms with E-state index in [2.05, 4.69) is 46.6 Å². The highest BCUT2D eigenvalue weighted by Gasteiger charge is 2.08. The fourth-order valence-electron chi connectivity index (χ4n) is 1.98. The summed E-state index contributed by atoms with van der Waals surface area (Å²) >= 11 is 1.74. The van der Waals surface area contributed by atoms with Crippen molar-refractivity contribution in [2.75, 3.05) is 7.05 Å². The molecule has 1 heterocycles. The van der Waals surface area contributed by atoms with Crippen LogP contribution in [0.2, 0.25) is 0 Å². The van der Waals surface area contributed by atoms with Gasteiger partial charge in [-0.15, -0.1) is 11.3 Å². The summed E-state index contributed by atoms with van der Waals surface area (Å²) in [5.41, 5.74) is 1.24. The summed E-state index contributed by atoms with van der Waals surface area (Å²) in [5.74, 6) is 0.791. The lowest BCUT2D eigenvalue weighted by Gasteiger charge is -2.17. The number of hydrogen-bond donors (Lipinski definition) is 2. The standard InChI is InChI=1S/C16H22N4S/c1-4-14-10-18-15(21-14)11-19-16(17-3)20-12(2)13-8-6-5-7-9-13/h5-10,12H,4,11H2,1-3H3,(H2,17,19,20). The van der Waals surface area contributed by atoms with Crippen LogP contribution >= 0.6 is 11.3 Å². The van der Waals surface area contributed by atoms with Crippen LogP contribution in [-0.2, 0) is 13.0 Å². The molecule has 0 fully saturated rings. The van der Waals surface area contributed by atoms with E-state index in [9.17, 15) is 0 Å². The van der Waals surface area contributed by atoms with Gasteiger partial charge in [0.15, 0.2) is 5.96 Å². The molecule has 0 aliphatic rings. The monoisotopic (exact) mass is 302 g/mol. The van der Waals surface area contributed by atoms with Crippen molar-refractivity contribution in [1.29, 1.82) is 0 Å². The highest BCUT2D eigenvalue weighted by molar-refractivity contribution is 7.11. The second-order valence-electron chi connectivity index (χ2n) is 4.78. The van der Waals surface area contributed by atoms with Gasteiger partial charge in [-0.2, -0.15) is 0 Å². The van der Waals surface area contributed by atoms with Gasteiger partial charge in [0.05, 0.1) is 12.6 Å². The minimum absolute atomic E-state index is 0.208. The quantitative estimate of drug-likeness (QED) is 0.659. The van der Waals surface area contributed by atoms with E-state index in [4.69, 9.17) is 0 Å². The summed E-state index contributed by atoms with van der Waals surface area (Å²) in [6, 6.07) is 10.5. The third kappa shape index (κ3) is 4.56. The first-order valence-corrected chi connectivity index (χ1v) is 8.00. The van der Waals surface area contributed by atoms with Gasteiger partial charge in [-0.05, 0) is 18.9 Å². The molecule has 0 aliphatic carbocycles. The Labute approximate surface area is 130 Å². The summed E-state index contributed by atoms with van der Waals surface area (Å²) in [4.78, 5) is 9.98. The number of aromatic nitrogens is 1. The van der Waals surface area contributed by atoms with Gasteiger partial charge >= 0.3 is 0 Å². The molecule has 1 atom stereocenters. The van der Waals surface area contributed by atoms with Crippen LogP contribution in [0.3, 0.4) is 0 Å². The fraction of sp³-hybridized carbons (Fsp3) is 0.375. The van der Waals surface area contributed by atoms with Crippen LogP contribution in [0.15, 0.2) is 41.5 Å². The van der Waals surface area contributed by atoms with Crippen molar-refractivity contribution >= 4 is 17.3 Å². The molecule has 1 aromatic heterocycles. The Kier molecular flexibility index (Phi) is 5.75. The molecule has 2 rings (SSSR count). The number of aryl methyl sites for hydroxylation is 1. The van der Waals surface area contributed by atoms with Crippen LogP contribution in [-0.4, -0.2) is 18.0 Å². The van der Waals surface area contributed by atoms with E-state index < -0.39 is 0 Å². The maximum Gasteiger partial charge on any atom is 0.191 e. The van der Waals surface area contributed by atoms with Crippen molar-refractivity contribution in [2.24, 2.45) is 4.99 Å². The molecule has 0 saturated carbocycles. The van der Waals surface area contributed by atoms with E-state index in [-0.39, 0.29) is 6.04 Å². The predicted octanol–water partition coefficient (Wildman–Crippen LogP) is 3.13. The van der Waals surface area contributed by atoms with Gasteiger partial charge < -0.3 is 10.6 Å². The summed E-state index contributed by atoms with van der Waals surface area (Å²) in [6.07, 6.45) is 2.99. The number of nitrogens with one attached hydrogen (secondary N) is 2. The lowest BCUT2D eigenvalue weighted by Crippen LogP contribution is -2.38. The number of thiazole rings is 1. The van der Waals surface area contributed by atoms with E-state index in [1.54, 1.807) is 18.4 Å². The summed E-state index contributed by atoms with van der Waals surface area (Å²) in [6.45, 7) is 4.97. The molecule has 112 valence electrons. The van der Waals surface area contributed by atoms with Crippen molar-refractivity contribution in [3.63, 3.8) is 0 Å². The van der Waals surface area contributed by atoms with Crippen LogP contribution in [0.1, 0.15) is 35.3 Å². The average Bonchev–Trinajstić information content (AvgIpc) is 3.00. The molecule has 21 heavy (non-hydrogen) atoms. The van der Waals surface area contributed by atoms with Crippen molar-refractivity contribution < 1.29 is 0 Å². The highest BCUT2D eigenvalue weighted by Crippen LogP contribution is 2.13. The Morgan fingerprint density at radius 2 is 2.10 bits per heavy atom. The maximum atomic E-state index is 4.40. The van der Waals surface area contributed by atoms with Crippen molar-refractivity contribution in [3.05, 3.63) is 52.0 Å². The van der Waals surface area contributed by atoms with Gasteiger partial charge in [0.1, 0.15) is 5.01 Å². The zero-order chi connectivity index (χ0) is 15.1. The molecular weight excluding hydrogens is 280 g/mol. The minimum atomic E-state index is 0.208. The molecule has 0 bridgehead atoms. The third-order valence-corrected chi connectivity index (χ3v) is 4.38. The Bertz CT molecular complexity index is 577. The molecule has 0 amide bonds. The van der Waals surface area contributed by atoms with E-state index in [0.29, 0.717) is 6.54 Å². The minimum Gasteiger partial charge on any atom is -0.350 e. The van der Waals surface area contributed by atoms with Crippen LogP contribution in [0.4, 0.5) is 0 Å². The largest absolute Gasteiger partial charge is 0.350 e. The first-order chi connectivity index (χ1) is 10.2. The lowest BCUT2D eigenvalue weighted by molar-refractivity contribution is 0.685. The Morgan fingerprint density at radius 1 is 1.33 bits per heavy atom. The van der Waals surface area contributed by atoms with Gasteiger partial charge in [-0.3, -0.25) is 4.99 Å². The molecule has 1 unspecified atom stereocenters. The Balaban J connectivity index is 1.89. The number of benzene rings is 1. The second-order valence-corrected chi connectivity index (χ2v) is 5.98. The summed E-state index contributed by atoms with van der Waals surface area (Å²) < 4.78 is 0. The zero-order valence-electron chi connectivity index (χ0n) is 12.8. The number of guanidine groups is 1. The van der Waals surface area contributed by atoms with E-state index >= 15 is 0 Å². The lowest BCUT2D eigenvalue weighted by atomic mass is 10.1. The average molecular weight is 302 g/mol. The first kappa shape index (κ1) is 15.5. The number of nitrogens with zero attached hydrogens (tertiary/aromatic N) is 2. The molecule has 1 aromatic carbocycles. The maximum absolute atomic E-state index is 4.40. The predicted molar refractivity (Wildman–Crippen MR) is 89.7 cm³/mol. The van der Waals surface area contributed by atoms with Crippen LogP contribution in [0.25, 0.3) is 0 Å². The third-order valence-electron chi connectivity index (χ3n) is 3.23. The van der Waals surface area contributed by atoms with Crippen molar-refractivity contribution in [2.45, 2.75) is 32.9 Å². The number of hydrogen-bond acceptors (Lipinski definition) is 3. The number of aliphatic imine (C=N–C) groups is 1. The molecular formula is C16H22N4S. The highest BCUT2D eigenvalue weighted by atomic mass is 32.1. The molecule has 5 heteroatoms. The molecule has 2 N–H and O–H groups in total. The van der Waals surface area contributed by atoms with Gasteiger partial charge in [-0.25, -0.2) is 4.98 Å². The second kappa shape index (κ2) is 7.78. The van der Waals surface area contributed by atoms with E-state index in [1.807, 2.05) is 24.4 Å². The van der Waals surface area contributed by atoms with Crippen molar-refractivity contribution in [3.8, 4) is 0 Å². The Hall–Kier alpha value is -1.88. The Morgan fingerprint density at radius 3 is 2.71 bits per heavy atom.